The summed E-state index contributed by atoms with van der Waals surface area (Å²) in [6, 6.07) is 11.1. The molecule has 2 saturated heterocycles. The minimum absolute atomic E-state index is 0.184. The predicted octanol–water partition coefficient (Wildman–Crippen LogP) is 3.01. The summed E-state index contributed by atoms with van der Waals surface area (Å²) in [6.45, 7) is 4.65. The Morgan fingerprint density at radius 3 is 2.82 bits per heavy atom. The molecule has 2 fully saturated rings. The van der Waals surface area contributed by atoms with E-state index in [1.54, 1.807) is 18.3 Å². The first-order valence-electron chi connectivity index (χ1n) is 9.73. The fourth-order valence-corrected chi connectivity index (χ4v) is 3.84. The van der Waals surface area contributed by atoms with E-state index in [1.165, 1.54) is 6.07 Å². The number of anilines is 3. The van der Waals surface area contributed by atoms with Crippen LogP contribution in [0.2, 0.25) is 0 Å². The Hall–Kier alpha value is -2.85. The average Bonchev–Trinajstić information content (AvgIpc) is 2.74. The van der Waals surface area contributed by atoms with Gasteiger partial charge in [-0.1, -0.05) is 6.07 Å². The van der Waals surface area contributed by atoms with Crippen LogP contribution >= 0.6 is 0 Å². The third-order valence-electron chi connectivity index (χ3n) is 5.30. The highest BCUT2D eigenvalue weighted by Gasteiger charge is 2.22. The van der Waals surface area contributed by atoms with Crippen LogP contribution in [-0.4, -0.2) is 50.4 Å². The van der Waals surface area contributed by atoms with Gasteiger partial charge in [0.25, 0.3) is 0 Å². The van der Waals surface area contributed by atoms with E-state index in [-0.39, 0.29) is 11.9 Å². The third kappa shape index (κ3) is 4.18. The number of nitrogens with zero attached hydrogens (tertiary/aromatic N) is 4. The van der Waals surface area contributed by atoms with Gasteiger partial charge in [0.1, 0.15) is 17.7 Å². The van der Waals surface area contributed by atoms with E-state index in [4.69, 9.17) is 4.74 Å². The molecular formula is C21H24FN5O. The van der Waals surface area contributed by atoms with Crippen molar-refractivity contribution in [3.63, 3.8) is 0 Å². The molecule has 0 aliphatic carbocycles. The number of ether oxygens (including phenoxy) is 1. The van der Waals surface area contributed by atoms with Gasteiger partial charge in [0, 0.05) is 50.2 Å². The van der Waals surface area contributed by atoms with Crippen molar-refractivity contribution in [2.75, 3.05) is 54.5 Å². The Morgan fingerprint density at radius 1 is 1.18 bits per heavy atom. The molecule has 0 bridgehead atoms. The third-order valence-corrected chi connectivity index (χ3v) is 5.30. The van der Waals surface area contributed by atoms with Crippen LogP contribution in [0.5, 0.6) is 0 Å². The van der Waals surface area contributed by atoms with Gasteiger partial charge in [-0.2, -0.15) is 5.26 Å². The topological polar surface area (TPSA) is 64.4 Å². The highest BCUT2D eigenvalue weighted by Crippen LogP contribution is 2.26. The average molecular weight is 381 g/mol. The standard InChI is InChI=1S/C21H24FN5O/c22-17-3-1-5-19(11-17)27-6-2-4-18(15-27)25-20-12-21(24-14-16(20)13-23)26-7-9-28-10-8-26/h1,3,5,11-12,14,18H,2,4,6-10,15H2,(H,24,25)/t18-/m1/s1. The van der Waals surface area contributed by atoms with Gasteiger partial charge in [0.2, 0.25) is 0 Å². The maximum Gasteiger partial charge on any atom is 0.130 e. The lowest BCUT2D eigenvalue weighted by Gasteiger charge is -2.35. The lowest BCUT2D eigenvalue weighted by Crippen LogP contribution is -2.42. The van der Waals surface area contributed by atoms with Crippen LogP contribution in [0.1, 0.15) is 18.4 Å². The molecule has 146 valence electrons. The molecule has 28 heavy (non-hydrogen) atoms. The SMILES string of the molecule is N#Cc1cnc(N2CCOCC2)cc1N[C@@H]1CCCN(c2cccc(F)c2)C1. The summed E-state index contributed by atoms with van der Waals surface area (Å²) in [5.74, 6) is 0.645. The molecule has 1 aromatic carbocycles. The monoisotopic (exact) mass is 381 g/mol. The molecule has 1 aromatic heterocycles. The van der Waals surface area contributed by atoms with E-state index in [0.29, 0.717) is 18.8 Å². The first-order chi connectivity index (χ1) is 13.7. The van der Waals surface area contributed by atoms with Crippen molar-refractivity contribution in [2.24, 2.45) is 0 Å². The minimum Gasteiger partial charge on any atom is -0.379 e. The fourth-order valence-electron chi connectivity index (χ4n) is 3.84. The Kier molecular flexibility index (Phi) is 5.58. The summed E-state index contributed by atoms with van der Waals surface area (Å²) in [7, 11) is 0. The van der Waals surface area contributed by atoms with Gasteiger partial charge in [0.15, 0.2) is 0 Å². The molecule has 0 unspecified atom stereocenters. The second kappa shape index (κ2) is 8.44. The first kappa shape index (κ1) is 18.5. The Balaban J connectivity index is 1.50. The predicted molar refractivity (Wildman–Crippen MR) is 107 cm³/mol. The van der Waals surface area contributed by atoms with Gasteiger partial charge in [-0.05, 0) is 31.0 Å². The molecule has 6 nitrogen and oxygen atoms in total. The number of benzene rings is 1. The maximum atomic E-state index is 13.6. The fraction of sp³-hybridized carbons (Fsp3) is 0.429. The molecule has 2 aliphatic rings. The number of rotatable bonds is 4. The van der Waals surface area contributed by atoms with Crippen molar-refractivity contribution in [3.8, 4) is 6.07 Å². The second-order valence-electron chi connectivity index (χ2n) is 7.21. The number of pyridine rings is 1. The first-order valence-corrected chi connectivity index (χ1v) is 9.73. The van der Waals surface area contributed by atoms with Crippen molar-refractivity contribution < 1.29 is 9.13 Å². The smallest absolute Gasteiger partial charge is 0.130 e. The van der Waals surface area contributed by atoms with E-state index >= 15 is 0 Å². The molecular weight excluding hydrogens is 357 g/mol. The zero-order valence-corrected chi connectivity index (χ0v) is 15.8. The van der Waals surface area contributed by atoms with Gasteiger partial charge in [-0.3, -0.25) is 0 Å². The van der Waals surface area contributed by atoms with Crippen LogP contribution < -0.4 is 15.1 Å². The number of piperidine rings is 1. The number of nitrogens with one attached hydrogen (secondary N) is 1. The Bertz CT molecular complexity index is 862. The lowest BCUT2D eigenvalue weighted by molar-refractivity contribution is 0.122. The van der Waals surface area contributed by atoms with Crippen LogP contribution in [0.25, 0.3) is 0 Å². The van der Waals surface area contributed by atoms with Crippen LogP contribution in [0.4, 0.5) is 21.6 Å². The molecule has 4 rings (SSSR count). The lowest BCUT2D eigenvalue weighted by atomic mass is 10.0. The van der Waals surface area contributed by atoms with Gasteiger partial charge in [-0.15, -0.1) is 0 Å². The molecule has 0 saturated carbocycles. The minimum atomic E-state index is -0.219. The van der Waals surface area contributed by atoms with E-state index < -0.39 is 0 Å². The van der Waals surface area contributed by atoms with E-state index in [1.807, 2.05) is 12.1 Å². The summed E-state index contributed by atoms with van der Waals surface area (Å²) in [5.41, 5.74) is 2.25. The van der Waals surface area contributed by atoms with Gasteiger partial charge in [0.05, 0.1) is 24.5 Å². The molecule has 1 N–H and O–H groups in total. The van der Waals surface area contributed by atoms with Crippen molar-refractivity contribution in [2.45, 2.75) is 18.9 Å². The van der Waals surface area contributed by atoms with E-state index in [9.17, 15) is 9.65 Å². The number of halogens is 1. The van der Waals surface area contributed by atoms with Crippen LogP contribution in [-0.2, 0) is 4.74 Å². The molecule has 7 heteroatoms. The summed E-state index contributed by atoms with van der Waals surface area (Å²) >= 11 is 0. The Morgan fingerprint density at radius 2 is 2.04 bits per heavy atom. The number of morpholine rings is 1. The van der Waals surface area contributed by atoms with Gasteiger partial charge in [-0.25, -0.2) is 9.37 Å². The highest BCUT2D eigenvalue weighted by atomic mass is 19.1. The number of aromatic nitrogens is 1. The van der Waals surface area contributed by atoms with Crippen molar-refractivity contribution in [3.05, 3.63) is 47.9 Å². The molecule has 1 atom stereocenters. The molecule has 3 heterocycles. The zero-order valence-electron chi connectivity index (χ0n) is 15.8. The largest absolute Gasteiger partial charge is 0.379 e. The van der Waals surface area contributed by atoms with Crippen molar-refractivity contribution in [1.82, 2.24) is 4.98 Å². The molecule has 0 amide bonds. The Labute approximate surface area is 164 Å². The van der Waals surface area contributed by atoms with Crippen molar-refractivity contribution >= 4 is 17.2 Å². The summed E-state index contributed by atoms with van der Waals surface area (Å²) < 4.78 is 19.0. The molecule has 0 radical (unpaired) electrons. The zero-order chi connectivity index (χ0) is 19.3. The number of hydrogen-bond donors (Lipinski definition) is 1. The quantitative estimate of drug-likeness (QED) is 0.878. The van der Waals surface area contributed by atoms with Crippen LogP contribution in [0, 0.1) is 17.1 Å². The number of hydrogen-bond acceptors (Lipinski definition) is 6. The van der Waals surface area contributed by atoms with Crippen molar-refractivity contribution in [1.29, 1.82) is 5.26 Å². The van der Waals surface area contributed by atoms with Gasteiger partial charge >= 0.3 is 0 Å². The second-order valence-corrected chi connectivity index (χ2v) is 7.21. The number of nitriles is 1. The summed E-state index contributed by atoms with van der Waals surface area (Å²) in [4.78, 5) is 8.83. The molecule has 2 aromatic rings. The van der Waals surface area contributed by atoms with E-state index in [2.05, 4.69) is 26.2 Å². The summed E-state index contributed by atoms with van der Waals surface area (Å²) in [6.07, 6.45) is 3.66. The summed E-state index contributed by atoms with van der Waals surface area (Å²) in [5, 5.41) is 13.0. The van der Waals surface area contributed by atoms with Gasteiger partial charge < -0.3 is 19.9 Å². The maximum absolute atomic E-state index is 13.6. The highest BCUT2D eigenvalue weighted by molar-refractivity contribution is 5.63. The normalized spacial score (nSPS) is 19.9. The van der Waals surface area contributed by atoms with E-state index in [0.717, 1.165) is 56.2 Å². The molecule has 0 spiro atoms. The van der Waals surface area contributed by atoms with Crippen LogP contribution in [0.15, 0.2) is 36.5 Å². The van der Waals surface area contributed by atoms with Crippen LogP contribution in [0.3, 0.4) is 0 Å². The molecule has 2 aliphatic heterocycles.